The largest absolute Gasteiger partial charge is 0.355 e. The number of piperazine rings is 1. The van der Waals surface area contributed by atoms with Crippen molar-refractivity contribution in [1.82, 2.24) is 25.3 Å². The van der Waals surface area contributed by atoms with Gasteiger partial charge in [-0.2, -0.15) is 0 Å². The standard InChI is InChI=1S/C32H37Cl2N5O3S/c1-37-14-16-38(17-15-37)13-5-12-35-30(41)21-39-31(42)28(43-32(39)26-11-10-24(33)18-27(26)34)19-29(40)36-20-23-8-4-7-22-6-2-3-9-25(22)23/h2-4,6-11,18,28,32H,5,12-17,19-21H2,1H3,(H,35,41)(H,36,40)/t28-,32-/m1/s1. The summed E-state index contributed by atoms with van der Waals surface area (Å²) < 4.78 is 0. The average Bonchev–Trinajstić information content (AvgIpc) is 3.28. The second-order valence-corrected chi connectivity index (χ2v) is 13.2. The van der Waals surface area contributed by atoms with Gasteiger partial charge in [0.15, 0.2) is 0 Å². The molecule has 8 nitrogen and oxygen atoms in total. The van der Waals surface area contributed by atoms with Gasteiger partial charge in [-0.3, -0.25) is 14.4 Å². The third-order valence-corrected chi connectivity index (χ3v) is 10.00. The molecule has 228 valence electrons. The number of benzene rings is 3. The predicted molar refractivity (Wildman–Crippen MR) is 174 cm³/mol. The number of hydrogen-bond donors (Lipinski definition) is 2. The van der Waals surface area contributed by atoms with E-state index in [-0.39, 0.29) is 30.7 Å². The number of likely N-dealkylation sites (N-methyl/N-ethyl adjacent to an activating group) is 1. The molecule has 2 aliphatic heterocycles. The minimum absolute atomic E-state index is 0.000876. The number of hydrogen-bond acceptors (Lipinski definition) is 6. The van der Waals surface area contributed by atoms with Gasteiger partial charge in [0, 0.05) is 61.3 Å². The molecule has 43 heavy (non-hydrogen) atoms. The molecular formula is C32H37Cl2N5O3S. The number of fused-ring (bicyclic) bond motifs is 1. The molecular weight excluding hydrogens is 605 g/mol. The summed E-state index contributed by atoms with van der Waals surface area (Å²) in [5.74, 6) is -0.715. The van der Waals surface area contributed by atoms with Crippen molar-refractivity contribution < 1.29 is 14.4 Å². The van der Waals surface area contributed by atoms with Crippen molar-refractivity contribution in [3.8, 4) is 0 Å². The normalized spacial score (nSPS) is 19.6. The molecule has 5 rings (SSSR count). The van der Waals surface area contributed by atoms with E-state index in [1.54, 1.807) is 18.2 Å². The highest BCUT2D eigenvalue weighted by atomic mass is 35.5. The average molecular weight is 643 g/mol. The van der Waals surface area contributed by atoms with Gasteiger partial charge in [-0.25, -0.2) is 0 Å². The van der Waals surface area contributed by atoms with Crippen LogP contribution in [0.5, 0.6) is 0 Å². The Bertz CT molecular complexity index is 1460. The van der Waals surface area contributed by atoms with Crippen LogP contribution in [0.3, 0.4) is 0 Å². The van der Waals surface area contributed by atoms with Crippen LogP contribution in [0.2, 0.25) is 10.0 Å². The molecule has 2 atom stereocenters. The number of thioether (sulfide) groups is 1. The highest BCUT2D eigenvalue weighted by Gasteiger charge is 2.43. The van der Waals surface area contributed by atoms with Gasteiger partial charge in [-0.05, 0) is 48.5 Å². The Labute approximate surface area is 267 Å². The van der Waals surface area contributed by atoms with Crippen molar-refractivity contribution in [2.75, 3.05) is 52.9 Å². The molecule has 2 saturated heterocycles. The first-order valence-corrected chi connectivity index (χ1v) is 16.3. The summed E-state index contributed by atoms with van der Waals surface area (Å²) in [6.07, 6.45) is 0.837. The molecule has 2 aliphatic rings. The number of nitrogens with one attached hydrogen (secondary N) is 2. The van der Waals surface area contributed by atoms with Crippen molar-refractivity contribution >= 4 is 63.5 Å². The first-order chi connectivity index (χ1) is 20.8. The molecule has 0 saturated carbocycles. The van der Waals surface area contributed by atoms with Crippen molar-refractivity contribution in [3.63, 3.8) is 0 Å². The molecule has 3 aromatic rings. The maximum Gasteiger partial charge on any atom is 0.239 e. The van der Waals surface area contributed by atoms with Gasteiger partial charge >= 0.3 is 0 Å². The van der Waals surface area contributed by atoms with E-state index in [0.717, 1.165) is 55.5 Å². The molecule has 0 unspecified atom stereocenters. The summed E-state index contributed by atoms with van der Waals surface area (Å²) in [6, 6.07) is 19.1. The van der Waals surface area contributed by atoms with Crippen molar-refractivity contribution in [1.29, 1.82) is 0 Å². The summed E-state index contributed by atoms with van der Waals surface area (Å²) >= 11 is 14.0. The third kappa shape index (κ3) is 8.22. The summed E-state index contributed by atoms with van der Waals surface area (Å²) in [5, 5.41) is 7.87. The Kier molecular flexibility index (Phi) is 10.9. The first-order valence-electron chi connectivity index (χ1n) is 14.6. The molecule has 0 aromatic heterocycles. The molecule has 3 aromatic carbocycles. The van der Waals surface area contributed by atoms with E-state index in [9.17, 15) is 14.4 Å². The second kappa shape index (κ2) is 14.8. The molecule has 2 fully saturated rings. The molecule has 2 heterocycles. The second-order valence-electron chi connectivity index (χ2n) is 11.1. The lowest BCUT2D eigenvalue weighted by atomic mass is 10.0. The monoisotopic (exact) mass is 641 g/mol. The predicted octanol–water partition coefficient (Wildman–Crippen LogP) is 4.55. The Morgan fingerprint density at radius 3 is 2.51 bits per heavy atom. The third-order valence-electron chi connectivity index (χ3n) is 7.97. The minimum Gasteiger partial charge on any atom is -0.355 e. The van der Waals surface area contributed by atoms with Crippen LogP contribution >= 0.6 is 35.0 Å². The van der Waals surface area contributed by atoms with Crippen LogP contribution < -0.4 is 10.6 Å². The fourth-order valence-electron chi connectivity index (χ4n) is 5.52. The van der Waals surface area contributed by atoms with Crippen LogP contribution in [0, 0.1) is 0 Å². The van der Waals surface area contributed by atoms with Gasteiger partial charge in [0.1, 0.15) is 11.9 Å². The number of carbonyl (C=O) groups excluding carboxylic acids is 3. The smallest absolute Gasteiger partial charge is 0.239 e. The first kappa shape index (κ1) is 31.6. The fraction of sp³-hybridized carbons (Fsp3) is 0.406. The Balaban J connectivity index is 1.19. The van der Waals surface area contributed by atoms with Gasteiger partial charge in [-0.1, -0.05) is 71.7 Å². The number of halogens is 2. The minimum atomic E-state index is -0.644. The molecule has 0 aliphatic carbocycles. The lowest BCUT2D eigenvalue weighted by Crippen LogP contribution is -2.45. The zero-order valence-corrected chi connectivity index (χ0v) is 26.6. The highest BCUT2D eigenvalue weighted by molar-refractivity contribution is 8.01. The maximum atomic E-state index is 13.6. The fourth-order valence-corrected chi connectivity index (χ4v) is 7.59. The Hall–Kier alpha value is -2.82. The maximum absolute atomic E-state index is 13.6. The molecule has 0 radical (unpaired) electrons. The summed E-state index contributed by atoms with van der Waals surface area (Å²) in [7, 11) is 2.13. The SMILES string of the molecule is CN1CCN(CCCNC(=O)CN2C(=O)[C@@H](CC(=O)NCc3cccc4ccccc34)S[C@@H]2c2ccc(Cl)cc2Cl)CC1. The lowest BCUT2D eigenvalue weighted by molar-refractivity contribution is -0.136. The topological polar surface area (TPSA) is 85.0 Å². The molecule has 0 spiro atoms. The molecule has 2 N–H and O–H groups in total. The van der Waals surface area contributed by atoms with Crippen LogP contribution in [0.15, 0.2) is 60.7 Å². The summed E-state index contributed by atoms with van der Waals surface area (Å²) in [5.41, 5.74) is 1.69. The zero-order chi connectivity index (χ0) is 30.3. The van der Waals surface area contributed by atoms with Gasteiger partial charge < -0.3 is 25.3 Å². The van der Waals surface area contributed by atoms with Crippen molar-refractivity contribution in [2.45, 2.75) is 30.0 Å². The van der Waals surface area contributed by atoms with Gasteiger partial charge in [0.2, 0.25) is 17.7 Å². The van der Waals surface area contributed by atoms with Crippen LogP contribution in [0.4, 0.5) is 0 Å². The Morgan fingerprint density at radius 2 is 1.72 bits per heavy atom. The van der Waals surface area contributed by atoms with E-state index < -0.39 is 10.6 Å². The van der Waals surface area contributed by atoms with E-state index in [1.165, 1.54) is 16.7 Å². The van der Waals surface area contributed by atoms with Crippen molar-refractivity contribution in [3.05, 3.63) is 81.8 Å². The number of rotatable bonds is 11. The van der Waals surface area contributed by atoms with E-state index in [4.69, 9.17) is 23.2 Å². The van der Waals surface area contributed by atoms with E-state index in [2.05, 4.69) is 27.5 Å². The summed E-state index contributed by atoms with van der Waals surface area (Å²) in [6.45, 7) is 5.87. The zero-order valence-electron chi connectivity index (χ0n) is 24.2. The number of carbonyl (C=O) groups is 3. The van der Waals surface area contributed by atoms with Crippen molar-refractivity contribution in [2.24, 2.45) is 0 Å². The lowest BCUT2D eigenvalue weighted by Gasteiger charge is -2.32. The summed E-state index contributed by atoms with van der Waals surface area (Å²) in [4.78, 5) is 45.9. The van der Waals surface area contributed by atoms with E-state index in [0.29, 0.717) is 28.7 Å². The number of nitrogens with zero attached hydrogens (tertiary/aromatic N) is 3. The van der Waals surface area contributed by atoms with E-state index >= 15 is 0 Å². The van der Waals surface area contributed by atoms with Crippen LogP contribution in [-0.4, -0.2) is 90.5 Å². The quantitative estimate of drug-likeness (QED) is 0.299. The molecule has 11 heteroatoms. The van der Waals surface area contributed by atoms with Gasteiger partial charge in [-0.15, -0.1) is 11.8 Å². The van der Waals surface area contributed by atoms with Gasteiger partial charge in [0.25, 0.3) is 0 Å². The number of amides is 3. The highest BCUT2D eigenvalue weighted by Crippen LogP contribution is 2.46. The van der Waals surface area contributed by atoms with Crippen LogP contribution in [0.1, 0.15) is 29.3 Å². The molecule has 3 amide bonds. The molecule has 0 bridgehead atoms. The van der Waals surface area contributed by atoms with E-state index in [1.807, 2.05) is 42.5 Å². The van der Waals surface area contributed by atoms with Crippen LogP contribution in [0.25, 0.3) is 10.8 Å². The van der Waals surface area contributed by atoms with Gasteiger partial charge in [0.05, 0.1) is 5.25 Å². The Morgan fingerprint density at radius 1 is 0.953 bits per heavy atom. The van der Waals surface area contributed by atoms with Crippen LogP contribution in [-0.2, 0) is 20.9 Å².